The predicted octanol–water partition coefficient (Wildman–Crippen LogP) is 5.29. The maximum Gasteiger partial charge on any atom is 0.127 e. The molecule has 0 aliphatic carbocycles. The number of benzene rings is 3. The maximum absolute atomic E-state index is 11.5. The van der Waals surface area contributed by atoms with E-state index in [4.69, 9.17) is 9.47 Å². The number of para-hydroxylation sites is 2. The minimum absolute atomic E-state index is 0.169. The van der Waals surface area contributed by atoms with Crippen molar-refractivity contribution in [2.45, 2.75) is 25.4 Å². The zero-order valence-electron chi connectivity index (χ0n) is 19.3. The van der Waals surface area contributed by atoms with Crippen molar-refractivity contribution in [3.63, 3.8) is 0 Å². The fraction of sp³-hybridized carbons (Fsp3) is 0.310. The second kappa shape index (κ2) is 10.3. The Morgan fingerprint density at radius 2 is 1.56 bits per heavy atom. The van der Waals surface area contributed by atoms with E-state index in [2.05, 4.69) is 4.90 Å². The van der Waals surface area contributed by atoms with Crippen LogP contribution in [0.2, 0.25) is 0 Å². The molecule has 0 amide bonds. The Hall–Kier alpha value is -3.28. The van der Waals surface area contributed by atoms with Gasteiger partial charge < -0.3 is 19.7 Å². The van der Waals surface area contributed by atoms with Gasteiger partial charge in [-0.2, -0.15) is 0 Å². The molecule has 1 saturated heterocycles. The van der Waals surface area contributed by atoms with E-state index in [0.717, 1.165) is 53.4 Å². The van der Waals surface area contributed by atoms with Crippen LogP contribution < -0.4 is 9.47 Å². The Bertz CT molecular complexity index is 1150. The number of ether oxygens (including phenoxy) is 2. The lowest BCUT2D eigenvalue weighted by Gasteiger charge is -2.28. The summed E-state index contributed by atoms with van der Waals surface area (Å²) < 4.78 is 11.9. The Morgan fingerprint density at radius 1 is 0.853 bits per heavy atom. The summed E-state index contributed by atoms with van der Waals surface area (Å²) in [5.41, 5.74) is 3.81. The monoisotopic (exact) mass is 457 g/mol. The second-order valence-electron chi connectivity index (χ2n) is 8.92. The minimum atomic E-state index is -0.873. The topological polar surface area (TPSA) is 62.2 Å². The van der Waals surface area contributed by atoms with Gasteiger partial charge in [-0.05, 0) is 55.8 Å². The van der Waals surface area contributed by atoms with Crippen LogP contribution in [0.15, 0.2) is 72.8 Å². The van der Waals surface area contributed by atoms with Crippen molar-refractivity contribution in [2.24, 2.45) is 0 Å². The average molecular weight is 458 g/mol. The summed E-state index contributed by atoms with van der Waals surface area (Å²) in [4.78, 5) is 2.46. The van der Waals surface area contributed by atoms with Crippen LogP contribution in [0.25, 0.3) is 11.1 Å². The van der Waals surface area contributed by atoms with Gasteiger partial charge in [0.25, 0.3) is 0 Å². The van der Waals surface area contributed by atoms with Gasteiger partial charge >= 0.3 is 0 Å². The number of likely N-dealkylation sites (tertiary alicyclic amines) is 1. The number of phenolic OH excluding ortho intramolecular Hbond substituents is 1. The number of phenols is 1. The summed E-state index contributed by atoms with van der Waals surface area (Å²) in [6, 6.07) is 22.5. The number of rotatable bonds is 7. The van der Waals surface area contributed by atoms with Gasteiger partial charge in [0.2, 0.25) is 0 Å². The molecular formula is C29H31NO4. The third-order valence-corrected chi connectivity index (χ3v) is 6.70. The van der Waals surface area contributed by atoms with Crippen LogP contribution in [0.3, 0.4) is 0 Å². The second-order valence-corrected chi connectivity index (χ2v) is 8.92. The molecule has 2 aliphatic rings. The van der Waals surface area contributed by atoms with Gasteiger partial charge in [-0.1, -0.05) is 55.0 Å². The van der Waals surface area contributed by atoms with E-state index in [-0.39, 0.29) is 12.4 Å². The van der Waals surface area contributed by atoms with Crippen LogP contribution in [0.1, 0.15) is 42.1 Å². The van der Waals surface area contributed by atoms with Crippen molar-refractivity contribution in [3.8, 4) is 17.2 Å². The lowest BCUT2D eigenvalue weighted by molar-refractivity contribution is 0.183. The number of fused-ring (bicyclic) bond motifs is 1. The van der Waals surface area contributed by atoms with E-state index in [0.29, 0.717) is 12.2 Å². The summed E-state index contributed by atoms with van der Waals surface area (Å²) in [6.07, 6.45) is 3.01. The number of piperidine rings is 1. The number of hydrogen-bond donors (Lipinski definition) is 2. The Morgan fingerprint density at radius 3 is 2.32 bits per heavy atom. The molecule has 1 atom stereocenters. The normalized spacial score (nSPS) is 17.1. The lowest BCUT2D eigenvalue weighted by atomic mass is 9.86. The average Bonchev–Trinajstić information content (AvgIpc) is 2.89. The lowest BCUT2D eigenvalue weighted by Crippen LogP contribution is -2.33. The highest BCUT2D eigenvalue weighted by atomic mass is 16.5. The molecule has 176 valence electrons. The molecule has 34 heavy (non-hydrogen) atoms. The quantitative estimate of drug-likeness (QED) is 0.505. The van der Waals surface area contributed by atoms with Gasteiger partial charge in [-0.25, -0.2) is 0 Å². The Kier molecular flexibility index (Phi) is 6.84. The summed E-state index contributed by atoms with van der Waals surface area (Å²) in [5, 5.41) is 22.0. The number of hydrogen-bond acceptors (Lipinski definition) is 5. The number of aliphatic hydroxyl groups excluding tert-OH is 1. The van der Waals surface area contributed by atoms with Gasteiger partial charge in [-0.15, -0.1) is 0 Å². The van der Waals surface area contributed by atoms with E-state index in [1.165, 1.54) is 19.3 Å². The fourth-order valence-electron chi connectivity index (χ4n) is 4.86. The first-order valence-electron chi connectivity index (χ1n) is 12.1. The molecule has 5 nitrogen and oxygen atoms in total. The van der Waals surface area contributed by atoms with Crippen molar-refractivity contribution < 1.29 is 19.7 Å². The van der Waals surface area contributed by atoms with E-state index in [1.54, 1.807) is 12.1 Å². The standard InChI is InChI=1S/C29H31NO4/c31-26-10-4-2-8-23(26)25-20-34-27-11-5-3-9-24(27)28(25)29(32)21-12-14-22(15-13-21)33-19-18-30-16-6-1-7-17-30/h2-5,8-15,29,31-32H,1,6-7,16-20H2. The van der Waals surface area contributed by atoms with Crippen molar-refractivity contribution in [1.29, 1.82) is 0 Å². The SMILES string of the molecule is Oc1ccccc1C1=C(C(O)c2ccc(OCCN3CCCCC3)cc2)c2ccccc2OC1. The van der Waals surface area contributed by atoms with Gasteiger partial charge in [0.05, 0.1) is 0 Å². The molecule has 1 fully saturated rings. The molecule has 3 aromatic rings. The van der Waals surface area contributed by atoms with E-state index >= 15 is 0 Å². The zero-order valence-corrected chi connectivity index (χ0v) is 19.3. The Labute approximate surface area is 200 Å². The predicted molar refractivity (Wildman–Crippen MR) is 134 cm³/mol. The molecule has 2 heterocycles. The maximum atomic E-state index is 11.5. The van der Waals surface area contributed by atoms with E-state index < -0.39 is 6.10 Å². The first-order chi connectivity index (χ1) is 16.7. The van der Waals surface area contributed by atoms with Gasteiger partial charge in [0, 0.05) is 28.8 Å². The highest BCUT2D eigenvalue weighted by Gasteiger charge is 2.28. The van der Waals surface area contributed by atoms with Crippen molar-refractivity contribution in [2.75, 3.05) is 32.8 Å². The highest BCUT2D eigenvalue weighted by Crippen LogP contribution is 2.45. The van der Waals surface area contributed by atoms with Gasteiger partial charge in [0.15, 0.2) is 0 Å². The zero-order chi connectivity index (χ0) is 23.3. The molecule has 2 N–H and O–H groups in total. The highest BCUT2D eigenvalue weighted by molar-refractivity contribution is 5.97. The molecule has 0 aromatic heterocycles. The molecular weight excluding hydrogens is 426 g/mol. The first-order valence-corrected chi connectivity index (χ1v) is 12.1. The molecule has 0 spiro atoms. The van der Waals surface area contributed by atoms with E-state index in [1.807, 2.05) is 60.7 Å². The first kappa shape index (κ1) is 22.5. The van der Waals surface area contributed by atoms with Crippen molar-refractivity contribution >= 4 is 11.1 Å². The summed E-state index contributed by atoms with van der Waals surface area (Å²) in [7, 11) is 0. The van der Waals surface area contributed by atoms with E-state index in [9.17, 15) is 10.2 Å². The summed E-state index contributed by atoms with van der Waals surface area (Å²) in [5.74, 6) is 1.70. The minimum Gasteiger partial charge on any atom is -0.507 e. The van der Waals surface area contributed by atoms with Crippen molar-refractivity contribution in [3.05, 3.63) is 89.5 Å². The third-order valence-electron chi connectivity index (χ3n) is 6.70. The number of aromatic hydroxyl groups is 1. The van der Waals surface area contributed by atoms with Crippen LogP contribution in [0.5, 0.6) is 17.2 Å². The van der Waals surface area contributed by atoms with Gasteiger partial charge in [-0.3, -0.25) is 4.90 Å². The van der Waals surface area contributed by atoms with Crippen LogP contribution in [-0.2, 0) is 0 Å². The van der Waals surface area contributed by atoms with Crippen LogP contribution in [-0.4, -0.2) is 48.0 Å². The number of aliphatic hydroxyl groups is 1. The van der Waals surface area contributed by atoms with Crippen LogP contribution in [0.4, 0.5) is 0 Å². The van der Waals surface area contributed by atoms with Crippen LogP contribution in [0, 0.1) is 0 Å². The largest absolute Gasteiger partial charge is 0.507 e. The molecule has 5 heteroatoms. The summed E-state index contributed by atoms with van der Waals surface area (Å²) >= 11 is 0. The van der Waals surface area contributed by atoms with Crippen LogP contribution >= 0.6 is 0 Å². The molecule has 1 unspecified atom stereocenters. The number of nitrogens with zero attached hydrogens (tertiary/aromatic N) is 1. The van der Waals surface area contributed by atoms with Gasteiger partial charge in [0.1, 0.15) is 36.6 Å². The third kappa shape index (κ3) is 4.81. The molecule has 0 saturated carbocycles. The smallest absolute Gasteiger partial charge is 0.127 e. The molecule has 0 bridgehead atoms. The molecule has 3 aromatic carbocycles. The summed E-state index contributed by atoms with van der Waals surface area (Å²) in [6.45, 7) is 4.20. The molecule has 0 radical (unpaired) electrons. The van der Waals surface area contributed by atoms with Crippen molar-refractivity contribution in [1.82, 2.24) is 4.90 Å². The fourth-order valence-corrected chi connectivity index (χ4v) is 4.86. The molecule has 2 aliphatic heterocycles. The Balaban J connectivity index is 1.38. The molecule has 5 rings (SSSR count).